The van der Waals surface area contributed by atoms with Gasteiger partial charge in [0, 0.05) is 19.8 Å². The molecule has 0 bridgehead atoms. The van der Waals surface area contributed by atoms with Gasteiger partial charge in [-0.25, -0.2) is 0 Å². The number of hydrogen-bond donors (Lipinski definition) is 3. The van der Waals surface area contributed by atoms with E-state index in [1.165, 1.54) is 0 Å². The van der Waals surface area contributed by atoms with Gasteiger partial charge in [-0.05, 0) is 18.9 Å². The van der Waals surface area contributed by atoms with Gasteiger partial charge < -0.3 is 21.0 Å². The molecule has 5 nitrogen and oxygen atoms in total. The van der Waals surface area contributed by atoms with Crippen LogP contribution in [0, 0.1) is 11.8 Å². The molecule has 0 amide bonds. The predicted octanol–water partition coefficient (Wildman–Crippen LogP) is 1.56. The molecule has 19 heavy (non-hydrogen) atoms. The lowest BCUT2D eigenvalue weighted by Crippen LogP contribution is -2.43. The van der Waals surface area contributed by atoms with Crippen LogP contribution in [0.25, 0.3) is 0 Å². The Morgan fingerprint density at radius 2 is 2.05 bits per heavy atom. The summed E-state index contributed by atoms with van der Waals surface area (Å²) in [7, 11) is 0. The van der Waals surface area contributed by atoms with Gasteiger partial charge in [-0.15, -0.1) is 0 Å². The second-order valence-electron chi connectivity index (χ2n) is 4.65. The molecule has 0 aromatic rings. The highest BCUT2D eigenvalue weighted by Gasteiger charge is 2.42. The molecule has 0 saturated carbocycles. The van der Waals surface area contributed by atoms with E-state index in [0.29, 0.717) is 32.1 Å². The van der Waals surface area contributed by atoms with Gasteiger partial charge in [0.25, 0.3) is 0 Å². The van der Waals surface area contributed by atoms with Crippen molar-refractivity contribution in [1.29, 1.82) is 0 Å². The van der Waals surface area contributed by atoms with Crippen molar-refractivity contribution in [3.63, 3.8) is 0 Å². The van der Waals surface area contributed by atoms with Crippen LogP contribution in [0.3, 0.4) is 0 Å². The first kappa shape index (κ1) is 18.0. The molecule has 0 aliphatic rings. The third-order valence-corrected chi connectivity index (χ3v) is 2.31. The first-order valence-electron chi connectivity index (χ1n) is 6.11. The summed E-state index contributed by atoms with van der Waals surface area (Å²) >= 11 is 0. The highest BCUT2D eigenvalue weighted by Crippen LogP contribution is 2.25. The standard InChI is InChI=1S/C11H22F3N3O2/c1-8(2)7-19-5-3-4-16-6-9(10(15)17-18)11(12,13)14/h8-9,16,18H,3-7H2,1-2H3,(H2,15,17). The zero-order chi connectivity index (χ0) is 14.9. The topological polar surface area (TPSA) is 79.9 Å². The first-order chi connectivity index (χ1) is 8.79. The normalized spacial score (nSPS) is 14.9. The van der Waals surface area contributed by atoms with Gasteiger partial charge in [0.05, 0.1) is 0 Å². The maximum absolute atomic E-state index is 12.5. The third-order valence-electron chi connectivity index (χ3n) is 2.31. The number of ether oxygens (including phenoxy) is 1. The monoisotopic (exact) mass is 285 g/mol. The Hall–Kier alpha value is -1.02. The fraction of sp³-hybridized carbons (Fsp3) is 0.909. The number of nitrogens with zero attached hydrogens (tertiary/aromatic N) is 1. The number of amidine groups is 1. The number of alkyl halides is 3. The van der Waals surface area contributed by atoms with Crippen molar-refractivity contribution in [2.75, 3.05) is 26.3 Å². The molecule has 0 spiro atoms. The SMILES string of the molecule is CC(C)COCCCNCC(C(N)=NO)C(F)(F)F. The average Bonchev–Trinajstić information content (AvgIpc) is 2.29. The summed E-state index contributed by atoms with van der Waals surface area (Å²) < 4.78 is 42.9. The van der Waals surface area contributed by atoms with E-state index in [9.17, 15) is 13.2 Å². The summed E-state index contributed by atoms with van der Waals surface area (Å²) in [5, 5.41) is 13.3. The Kier molecular flexibility index (Phi) is 8.49. The fourth-order valence-corrected chi connectivity index (χ4v) is 1.32. The van der Waals surface area contributed by atoms with Crippen LogP contribution in [0.5, 0.6) is 0 Å². The summed E-state index contributed by atoms with van der Waals surface area (Å²) in [5.74, 6) is -2.38. The van der Waals surface area contributed by atoms with Gasteiger partial charge in [-0.3, -0.25) is 0 Å². The highest BCUT2D eigenvalue weighted by atomic mass is 19.4. The highest BCUT2D eigenvalue weighted by molar-refractivity contribution is 5.83. The van der Waals surface area contributed by atoms with Gasteiger partial charge in [0.2, 0.25) is 0 Å². The van der Waals surface area contributed by atoms with Crippen LogP contribution in [-0.4, -0.2) is 43.5 Å². The molecule has 8 heteroatoms. The maximum atomic E-state index is 12.5. The van der Waals surface area contributed by atoms with E-state index in [2.05, 4.69) is 10.5 Å². The molecule has 0 aromatic heterocycles. The molecular formula is C11H22F3N3O2. The minimum Gasteiger partial charge on any atom is -0.409 e. The van der Waals surface area contributed by atoms with Crippen LogP contribution in [0.15, 0.2) is 5.16 Å². The average molecular weight is 285 g/mol. The predicted molar refractivity (Wildman–Crippen MR) is 66.1 cm³/mol. The molecule has 114 valence electrons. The zero-order valence-electron chi connectivity index (χ0n) is 11.2. The van der Waals surface area contributed by atoms with Crippen LogP contribution in [-0.2, 0) is 4.74 Å². The summed E-state index contributed by atoms with van der Waals surface area (Å²) in [5.41, 5.74) is 5.01. The van der Waals surface area contributed by atoms with Crippen molar-refractivity contribution in [3.05, 3.63) is 0 Å². The number of nitrogens with two attached hydrogens (primary N) is 1. The smallest absolute Gasteiger partial charge is 0.400 e. The van der Waals surface area contributed by atoms with Crippen molar-refractivity contribution in [1.82, 2.24) is 5.32 Å². The molecule has 1 unspecified atom stereocenters. The van der Waals surface area contributed by atoms with Crippen LogP contribution in [0.4, 0.5) is 13.2 Å². The van der Waals surface area contributed by atoms with Crippen molar-refractivity contribution in [2.24, 2.45) is 22.7 Å². The second kappa shape index (κ2) is 8.98. The number of oxime groups is 1. The van der Waals surface area contributed by atoms with Crippen molar-refractivity contribution in [2.45, 2.75) is 26.4 Å². The molecule has 0 saturated heterocycles. The molecule has 4 N–H and O–H groups in total. The first-order valence-corrected chi connectivity index (χ1v) is 6.11. The largest absolute Gasteiger partial charge is 0.409 e. The Morgan fingerprint density at radius 3 is 2.53 bits per heavy atom. The van der Waals surface area contributed by atoms with Crippen LogP contribution >= 0.6 is 0 Å². The van der Waals surface area contributed by atoms with Crippen LogP contribution < -0.4 is 11.1 Å². The van der Waals surface area contributed by atoms with E-state index in [1.54, 1.807) is 0 Å². The van der Waals surface area contributed by atoms with Crippen molar-refractivity contribution < 1.29 is 23.1 Å². The lowest BCUT2D eigenvalue weighted by Gasteiger charge is -2.19. The Bertz CT molecular complexity index is 270. The summed E-state index contributed by atoms with van der Waals surface area (Å²) in [4.78, 5) is 0. The van der Waals surface area contributed by atoms with Gasteiger partial charge in [-0.1, -0.05) is 19.0 Å². The second-order valence-corrected chi connectivity index (χ2v) is 4.65. The lowest BCUT2D eigenvalue weighted by molar-refractivity contribution is -0.154. The van der Waals surface area contributed by atoms with E-state index in [0.717, 1.165) is 0 Å². The van der Waals surface area contributed by atoms with Gasteiger partial charge in [-0.2, -0.15) is 13.2 Å². The van der Waals surface area contributed by atoms with E-state index in [1.807, 2.05) is 13.8 Å². The number of rotatable bonds is 9. The molecule has 0 rings (SSSR count). The molecule has 0 aromatic carbocycles. The molecular weight excluding hydrogens is 263 g/mol. The molecule has 0 fully saturated rings. The molecule has 0 aliphatic carbocycles. The molecule has 0 aliphatic heterocycles. The molecule has 1 atom stereocenters. The molecule has 0 heterocycles. The summed E-state index contributed by atoms with van der Waals surface area (Å²) in [6.45, 7) is 5.13. The zero-order valence-corrected chi connectivity index (χ0v) is 11.2. The van der Waals surface area contributed by atoms with E-state index in [-0.39, 0.29) is 0 Å². The minimum atomic E-state index is -4.53. The summed E-state index contributed by atoms with van der Waals surface area (Å²) in [6, 6.07) is 0. The van der Waals surface area contributed by atoms with Crippen molar-refractivity contribution >= 4 is 5.84 Å². The van der Waals surface area contributed by atoms with Gasteiger partial charge in [0.15, 0.2) is 5.84 Å². The summed E-state index contributed by atoms with van der Waals surface area (Å²) in [6.07, 6.45) is -3.93. The van der Waals surface area contributed by atoms with E-state index in [4.69, 9.17) is 15.7 Å². The van der Waals surface area contributed by atoms with Crippen LogP contribution in [0.1, 0.15) is 20.3 Å². The maximum Gasteiger partial charge on any atom is 0.400 e. The Balaban J connectivity index is 3.84. The van der Waals surface area contributed by atoms with Crippen molar-refractivity contribution in [3.8, 4) is 0 Å². The third kappa shape index (κ3) is 8.66. The van der Waals surface area contributed by atoms with Crippen LogP contribution in [0.2, 0.25) is 0 Å². The minimum absolute atomic E-state index is 0.378. The van der Waals surface area contributed by atoms with Gasteiger partial charge in [0.1, 0.15) is 5.92 Å². The number of nitrogens with one attached hydrogen (secondary N) is 1. The number of halogens is 3. The number of hydrogen-bond acceptors (Lipinski definition) is 4. The Morgan fingerprint density at radius 1 is 1.42 bits per heavy atom. The Labute approximate surface area is 111 Å². The van der Waals surface area contributed by atoms with E-state index < -0.39 is 24.5 Å². The molecule has 0 radical (unpaired) electrons. The quantitative estimate of drug-likeness (QED) is 0.197. The van der Waals surface area contributed by atoms with E-state index >= 15 is 0 Å². The fourth-order valence-electron chi connectivity index (χ4n) is 1.32. The lowest BCUT2D eigenvalue weighted by atomic mass is 10.1. The van der Waals surface area contributed by atoms with Gasteiger partial charge >= 0.3 is 6.18 Å².